The summed E-state index contributed by atoms with van der Waals surface area (Å²) < 4.78 is 5.82. The first kappa shape index (κ1) is 21.7. The van der Waals surface area contributed by atoms with Gasteiger partial charge in [-0.15, -0.1) is 0 Å². The van der Waals surface area contributed by atoms with Crippen molar-refractivity contribution in [1.82, 2.24) is 0 Å². The maximum atomic E-state index is 13.0. The maximum Gasteiger partial charge on any atom is 0.335 e. The van der Waals surface area contributed by atoms with Gasteiger partial charge in [-0.1, -0.05) is 6.07 Å². The van der Waals surface area contributed by atoms with E-state index in [4.69, 9.17) is 4.42 Å². The highest BCUT2D eigenvalue weighted by atomic mass is 16.6. The van der Waals surface area contributed by atoms with Crippen LogP contribution < -0.4 is 5.01 Å². The molecule has 1 aliphatic rings. The number of nitro benzene ring substituents is 1. The third-order valence-electron chi connectivity index (χ3n) is 5.39. The van der Waals surface area contributed by atoms with Crippen LogP contribution >= 0.6 is 0 Å². The number of nitro groups is 1. The summed E-state index contributed by atoms with van der Waals surface area (Å²) in [5.41, 5.74) is 3.04. The lowest BCUT2D eigenvalue weighted by atomic mass is 10.0. The lowest BCUT2D eigenvalue weighted by molar-refractivity contribution is -0.384. The summed E-state index contributed by atoms with van der Waals surface area (Å²) >= 11 is 0. The largest absolute Gasteiger partial charge is 0.478 e. The van der Waals surface area contributed by atoms with Crippen molar-refractivity contribution in [1.29, 1.82) is 0 Å². The second kappa shape index (κ2) is 8.19. The summed E-state index contributed by atoms with van der Waals surface area (Å²) in [6, 6.07) is 12.4. The zero-order valence-corrected chi connectivity index (χ0v) is 18.0. The molecule has 0 bridgehead atoms. The number of hydrogen-bond donors (Lipinski definition) is 1. The molecule has 1 aromatic heterocycles. The van der Waals surface area contributed by atoms with Crippen molar-refractivity contribution in [2.75, 3.05) is 5.01 Å². The third-order valence-corrected chi connectivity index (χ3v) is 5.39. The number of aromatic carboxylic acids is 1. The Morgan fingerprint density at radius 2 is 1.85 bits per heavy atom. The molecule has 0 saturated carbocycles. The highest BCUT2D eigenvalue weighted by Gasteiger charge is 2.29. The summed E-state index contributed by atoms with van der Waals surface area (Å²) in [7, 11) is 0. The van der Waals surface area contributed by atoms with Gasteiger partial charge in [-0.05, 0) is 74.4 Å². The zero-order chi connectivity index (χ0) is 23.9. The monoisotopic (exact) mass is 445 g/mol. The number of carbonyl (C=O) groups excluding carboxylic acids is 1. The maximum absolute atomic E-state index is 13.0. The van der Waals surface area contributed by atoms with E-state index in [9.17, 15) is 24.8 Å². The number of rotatable bonds is 5. The second-order valence-corrected chi connectivity index (χ2v) is 7.63. The predicted octanol–water partition coefficient (Wildman–Crippen LogP) is 4.98. The van der Waals surface area contributed by atoms with Gasteiger partial charge < -0.3 is 9.52 Å². The van der Waals surface area contributed by atoms with Crippen LogP contribution in [0.3, 0.4) is 0 Å². The minimum Gasteiger partial charge on any atom is -0.478 e. The molecule has 3 aromatic rings. The molecule has 0 radical (unpaired) electrons. The topological polar surface area (TPSA) is 126 Å². The number of hydrazone groups is 1. The minimum atomic E-state index is -1.11. The normalized spacial score (nSPS) is 14.6. The van der Waals surface area contributed by atoms with Gasteiger partial charge >= 0.3 is 5.97 Å². The highest BCUT2D eigenvalue weighted by molar-refractivity contribution is 6.32. The van der Waals surface area contributed by atoms with Gasteiger partial charge in [0.25, 0.3) is 11.6 Å². The van der Waals surface area contributed by atoms with Gasteiger partial charge in [0.15, 0.2) is 0 Å². The van der Waals surface area contributed by atoms with E-state index in [2.05, 4.69) is 5.10 Å². The number of carboxylic acids is 1. The quantitative estimate of drug-likeness (QED) is 0.335. The van der Waals surface area contributed by atoms with E-state index >= 15 is 0 Å². The number of carbonyl (C=O) groups is 2. The Labute approximate surface area is 188 Å². The lowest BCUT2D eigenvalue weighted by Gasteiger charge is -2.12. The van der Waals surface area contributed by atoms with Gasteiger partial charge in [-0.3, -0.25) is 14.9 Å². The van der Waals surface area contributed by atoms with Crippen molar-refractivity contribution in [2.45, 2.75) is 20.8 Å². The van der Waals surface area contributed by atoms with Crippen LogP contribution in [0.2, 0.25) is 0 Å². The van der Waals surface area contributed by atoms with Crippen LogP contribution in [0, 0.1) is 24.0 Å². The van der Waals surface area contributed by atoms with Gasteiger partial charge in [0.2, 0.25) is 0 Å². The fourth-order valence-electron chi connectivity index (χ4n) is 3.50. The second-order valence-electron chi connectivity index (χ2n) is 7.63. The Kier molecular flexibility index (Phi) is 5.39. The molecule has 1 N–H and O–H groups in total. The molecule has 4 rings (SSSR count). The lowest BCUT2D eigenvalue weighted by Crippen LogP contribution is -2.21. The van der Waals surface area contributed by atoms with Crippen molar-refractivity contribution in [2.24, 2.45) is 5.10 Å². The first-order chi connectivity index (χ1) is 15.7. The molecule has 0 saturated heterocycles. The SMILES string of the molecule is CC1=NN(c2cccc(C(=O)O)c2)C(=O)/C1=C/c1ccc(-c2cc(C)c(C)cc2[N+](=O)[O-])o1. The van der Waals surface area contributed by atoms with Gasteiger partial charge in [0, 0.05) is 6.07 Å². The molecule has 9 heteroatoms. The van der Waals surface area contributed by atoms with Crippen LogP contribution in [-0.4, -0.2) is 27.6 Å². The number of furan rings is 1. The van der Waals surface area contributed by atoms with Gasteiger partial charge in [-0.2, -0.15) is 10.1 Å². The molecule has 9 nitrogen and oxygen atoms in total. The van der Waals surface area contributed by atoms with Crippen LogP contribution in [0.5, 0.6) is 0 Å². The minimum absolute atomic E-state index is 0.0382. The van der Waals surface area contributed by atoms with Gasteiger partial charge in [-0.25, -0.2) is 4.79 Å². The molecule has 0 aliphatic carbocycles. The molecule has 2 aromatic carbocycles. The van der Waals surface area contributed by atoms with E-state index in [0.29, 0.717) is 28.5 Å². The van der Waals surface area contributed by atoms with Crippen molar-refractivity contribution in [3.63, 3.8) is 0 Å². The molecular formula is C24H19N3O6. The van der Waals surface area contributed by atoms with Crippen molar-refractivity contribution in [3.05, 3.63) is 86.7 Å². The molecule has 1 amide bonds. The van der Waals surface area contributed by atoms with Crippen LogP contribution in [0.15, 0.2) is 63.6 Å². The molecule has 0 spiro atoms. The first-order valence-electron chi connectivity index (χ1n) is 9.96. The fourth-order valence-corrected chi connectivity index (χ4v) is 3.50. The smallest absolute Gasteiger partial charge is 0.335 e. The van der Waals surface area contributed by atoms with E-state index in [-0.39, 0.29) is 16.8 Å². The molecule has 0 unspecified atom stereocenters. The van der Waals surface area contributed by atoms with E-state index < -0.39 is 16.8 Å². The average Bonchev–Trinajstić information content (AvgIpc) is 3.35. The number of anilines is 1. The summed E-state index contributed by atoms with van der Waals surface area (Å²) in [6.07, 6.45) is 1.51. The standard InChI is InChI=1S/C24H19N3O6/c1-13-9-20(21(27(31)32)10-14(13)2)22-8-7-18(33-22)12-19-15(3)25-26(23(19)28)17-6-4-5-16(11-17)24(29)30/h4-12H,1-3H3,(H,29,30)/b19-12+. The molecule has 0 atom stereocenters. The van der Waals surface area contributed by atoms with Crippen LogP contribution in [0.25, 0.3) is 17.4 Å². The van der Waals surface area contributed by atoms with Crippen LogP contribution in [0.4, 0.5) is 11.4 Å². The van der Waals surface area contributed by atoms with Gasteiger partial charge in [0.05, 0.1) is 33.0 Å². The van der Waals surface area contributed by atoms with Gasteiger partial charge in [0.1, 0.15) is 11.5 Å². The van der Waals surface area contributed by atoms with Crippen molar-refractivity contribution in [3.8, 4) is 11.3 Å². The predicted molar refractivity (Wildman–Crippen MR) is 122 cm³/mol. The van der Waals surface area contributed by atoms with E-state index in [1.165, 1.54) is 30.3 Å². The molecule has 1 aliphatic heterocycles. The highest BCUT2D eigenvalue weighted by Crippen LogP contribution is 2.34. The summed E-state index contributed by atoms with van der Waals surface area (Å²) in [6.45, 7) is 5.32. The van der Waals surface area contributed by atoms with Crippen LogP contribution in [0.1, 0.15) is 34.2 Å². The molecule has 33 heavy (non-hydrogen) atoms. The Morgan fingerprint density at radius 1 is 1.12 bits per heavy atom. The zero-order valence-electron chi connectivity index (χ0n) is 18.0. The number of benzene rings is 2. The fraction of sp³-hybridized carbons (Fsp3) is 0.125. The molecule has 0 fully saturated rings. The van der Waals surface area contributed by atoms with Crippen LogP contribution in [-0.2, 0) is 4.79 Å². The Balaban J connectivity index is 1.67. The first-order valence-corrected chi connectivity index (χ1v) is 9.96. The van der Waals surface area contributed by atoms with E-state index in [1.807, 2.05) is 6.92 Å². The summed E-state index contributed by atoms with van der Waals surface area (Å²) in [4.78, 5) is 35.3. The van der Waals surface area contributed by atoms with E-state index in [1.54, 1.807) is 38.1 Å². The molecule has 166 valence electrons. The third kappa shape index (κ3) is 4.03. The number of nitrogens with zero attached hydrogens (tertiary/aromatic N) is 3. The van der Waals surface area contributed by atoms with Crippen molar-refractivity contribution >= 4 is 35.0 Å². The Morgan fingerprint density at radius 3 is 2.55 bits per heavy atom. The van der Waals surface area contributed by atoms with E-state index in [0.717, 1.165) is 16.1 Å². The Bertz CT molecular complexity index is 1380. The number of aryl methyl sites for hydroxylation is 2. The van der Waals surface area contributed by atoms with Crippen molar-refractivity contribution < 1.29 is 24.0 Å². The number of amides is 1. The molecular weight excluding hydrogens is 426 g/mol. The summed E-state index contributed by atoms with van der Waals surface area (Å²) in [5, 5.41) is 26.1. The Hall–Kier alpha value is -4.53. The molecule has 2 heterocycles. The summed E-state index contributed by atoms with van der Waals surface area (Å²) in [5.74, 6) is -0.909. The average molecular weight is 445 g/mol. The number of hydrogen-bond acceptors (Lipinski definition) is 6. The number of carboxylic acid groups (broad SMARTS) is 1.